The van der Waals surface area contributed by atoms with Crippen LogP contribution in [0.3, 0.4) is 0 Å². The molecule has 0 fully saturated rings. The maximum atomic E-state index is 11.7. The first-order chi connectivity index (χ1) is 7.09. The van der Waals surface area contributed by atoms with Crippen LogP contribution < -0.4 is 0 Å². The van der Waals surface area contributed by atoms with Gasteiger partial charge in [-0.05, 0) is 18.6 Å². The molecule has 0 N–H and O–H groups in total. The summed E-state index contributed by atoms with van der Waals surface area (Å²) < 4.78 is 0. The van der Waals surface area contributed by atoms with Crippen LogP contribution in [0.25, 0.3) is 0 Å². The predicted molar refractivity (Wildman–Crippen MR) is 67.7 cm³/mol. The fourth-order valence-corrected chi connectivity index (χ4v) is 2.15. The van der Waals surface area contributed by atoms with Crippen LogP contribution in [0.15, 0.2) is 24.3 Å². The number of Topliss-reactive ketones (excluding diaryl/α,β-unsaturated/α-hetero) is 1. The molecule has 0 aromatic heterocycles. The molecule has 0 unspecified atom stereocenters. The summed E-state index contributed by atoms with van der Waals surface area (Å²) in [7, 11) is 0. The van der Waals surface area contributed by atoms with Crippen molar-refractivity contribution in [2.24, 2.45) is 5.92 Å². The van der Waals surface area contributed by atoms with Crippen LogP contribution in [0, 0.1) is 12.8 Å². The first kappa shape index (κ1) is 12.3. The highest BCUT2D eigenvalue weighted by Gasteiger charge is 2.05. The van der Waals surface area contributed by atoms with Gasteiger partial charge in [-0.25, -0.2) is 0 Å². The third-order valence-corrected chi connectivity index (χ3v) is 3.43. The molecular weight excluding hydrogens is 204 g/mol. The van der Waals surface area contributed by atoms with E-state index in [2.05, 4.69) is 13.8 Å². The molecule has 0 radical (unpaired) electrons. The molecule has 0 spiro atoms. The Balaban J connectivity index is 2.43. The van der Waals surface area contributed by atoms with Crippen molar-refractivity contribution in [1.29, 1.82) is 0 Å². The third-order valence-electron chi connectivity index (χ3n) is 2.06. The number of aryl methyl sites for hydroxylation is 1. The SMILES string of the molecule is Cc1ccc(C(=O)CSCC(C)C)cc1. The summed E-state index contributed by atoms with van der Waals surface area (Å²) in [6.07, 6.45) is 0. The van der Waals surface area contributed by atoms with Crippen LogP contribution in [-0.4, -0.2) is 17.3 Å². The summed E-state index contributed by atoms with van der Waals surface area (Å²) in [5.41, 5.74) is 2.03. The van der Waals surface area contributed by atoms with E-state index in [4.69, 9.17) is 0 Å². The molecular formula is C13H18OS. The lowest BCUT2D eigenvalue weighted by Crippen LogP contribution is -2.04. The maximum absolute atomic E-state index is 11.7. The quantitative estimate of drug-likeness (QED) is 0.708. The van der Waals surface area contributed by atoms with E-state index in [1.54, 1.807) is 11.8 Å². The number of carbonyl (C=O) groups excluding carboxylic acids is 1. The van der Waals surface area contributed by atoms with E-state index in [9.17, 15) is 4.79 Å². The fraction of sp³-hybridized carbons (Fsp3) is 0.462. The zero-order valence-electron chi connectivity index (χ0n) is 9.62. The van der Waals surface area contributed by atoms with Gasteiger partial charge in [0.05, 0.1) is 5.75 Å². The smallest absolute Gasteiger partial charge is 0.172 e. The van der Waals surface area contributed by atoms with Crippen molar-refractivity contribution in [3.05, 3.63) is 35.4 Å². The molecule has 1 nitrogen and oxygen atoms in total. The van der Waals surface area contributed by atoms with Gasteiger partial charge < -0.3 is 0 Å². The van der Waals surface area contributed by atoms with Gasteiger partial charge in [0.1, 0.15) is 0 Å². The molecule has 2 heteroatoms. The monoisotopic (exact) mass is 222 g/mol. The summed E-state index contributed by atoms with van der Waals surface area (Å²) in [5.74, 6) is 2.54. The lowest BCUT2D eigenvalue weighted by Gasteiger charge is -2.04. The Morgan fingerprint density at radius 2 is 1.87 bits per heavy atom. The van der Waals surface area contributed by atoms with Crippen LogP contribution in [0.2, 0.25) is 0 Å². The second-order valence-electron chi connectivity index (χ2n) is 4.20. The molecule has 0 amide bonds. The first-order valence-electron chi connectivity index (χ1n) is 5.27. The molecule has 1 aromatic rings. The minimum atomic E-state index is 0.237. The van der Waals surface area contributed by atoms with Crippen LogP contribution >= 0.6 is 11.8 Å². The number of hydrogen-bond donors (Lipinski definition) is 0. The van der Waals surface area contributed by atoms with Gasteiger partial charge in [0.15, 0.2) is 5.78 Å². The van der Waals surface area contributed by atoms with Gasteiger partial charge in [-0.2, -0.15) is 11.8 Å². The van der Waals surface area contributed by atoms with E-state index in [1.165, 1.54) is 5.56 Å². The Hall–Kier alpha value is -0.760. The number of benzene rings is 1. The van der Waals surface area contributed by atoms with Crippen molar-refractivity contribution >= 4 is 17.5 Å². The van der Waals surface area contributed by atoms with Crippen LogP contribution in [0.5, 0.6) is 0 Å². The van der Waals surface area contributed by atoms with Crippen molar-refractivity contribution < 1.29 is 4.79 Å². The molecule has 0 bridgehead atoms. The number of rotatable bonds is 5. The second-order valence-corrected chi connectivity index (χ2v) is 5.23. The van der Waals surface area contributed by atoms with E-state index < -0.39 is 0 Å². The van der Waals surface area contributed by atoms with Gasteiger partial charge in [-0.1, -0.05) is 43.7 Å². The topological polar surface area (TPSA) is 17.1 Å². The summed E-state index contributed by atoms with van der Waals surface area (Å²) in [4.78, 5) is 11.7. The van der Waals surface area contributed by atoms with Gasteiger partial charge in [-0.15, -0.1) is 0 Å². The number of hydrogen-bond acceptors (Lipinski definition) is 2. The van der Waals surface area contributed by atoms with Crippen molar-refractivity contribution in [2.75, 3.05) is 11.5 Å². The van der Waals surface area contributed by atoms with E-state index >= 15 is 0 Å². The third kappa shape index (κ3) is 4.52. The Kier molecular flexibility index (Phi) is 4.89. The van der Waals surface area contributed by atoms with E-state index in [-0.39, 0.29) is 5.78 Å². The van der Waals surface area contributed by atoms with Gasteiger partial charge in [0.25, 0.3) is 0 Å². The molecule has 0 saturated carbocycles. The van der Waals surface area contributed by atoms with Crippen LogP contribution in [0.4, 0.5) is 0 Å². The number of ketones is 1. The average Bonchev–Trinajstić information content (AvgIpc) is 2.18. The number of carbonyl (C=O) groups is 1. The van der Waals surface area contributed by atoms with E-state index in [0.717, 1.165) is 11.3 Å². The minimum Gasteiger partial charge on any atom is -0.293 e. The molecule has 0 saturated heterocycles. The lowest BCUT2D eigenvalue weighted by atomic mass is 10.1. The number of thioether (sulfide) groups is 1. The van der Waals surface area contributed by atoms with Crippen LogP contribution in [-0.2, 0) is 0 Å². The molecule has 1 aromatic carbocycles. The molecule has 0 atom stereocenters. The summed E-state index contributed by atoms with van der Waals surface area (Å²) in [6.45, 7) is 6.37. The molecule has 15 heavy (non-hydrogen) atoms. The molecule has 82 valence electrons. The van der Waals surface area contributed by atoms with Gasteiger partial charge in [0.2, 0.25) is 0 Å². The Bertz CT molecular complexity index is 314. The molecule has 1 rings (SSSR count). The highest BCUT2D eigenvalue weighted by atomic mass is 32.2. The maximum Gasteiger partial charge on any atom is 0.172 e. The predicted octanol–water partition coefficient (Wildman–Crippen LogP) is 3.57. The highest BCUT2D eigenvalue weighted by Crippen LogP contribution is 2.11. The van der Waals surface area contributed by atoms with Gasteiger partial charge >= 0.3 is 0 Å². The van der Waals surface area contributed by atoms with Crippen molar-refractivity contribution in [1.82, 2.24) is 0 Å². The Morgan fingerprint density at radius 3 is 2.40 bits per heavy atom. The Labute approximate surface area is 96.3 Å². The second kappa shape index (κ2) is 5.96. The molecule has 0 heterocycles. The lowest BCUT2D eigenvalue weighted by molar-refractivity contribution is 0.102. The van der Waals surface area contributed by atoms with Crippen molar-refractivity contribution in [2.45, 2.75) is 20.8 Å². The van der Waals surface area contributed by atoms with Gasteiger partial charge in [-0.3, -0.25) is 4.79 Å². The summed E-state index contributed by atoms with van der Waals surface area (Å²) in [5, 5.41) is 0. The fourth-order valence-electron chi connectivity index (χ4n) is 1.21. The van der Waals surface area contributed by atoms with E-state index in [0.29, 0.717) is 11.7 Å². The zero-order chi connectivity index (χ0) is 11.3. The minimum absolute atomic E-state index is 0.237. The largest absolute Gasteiger partial charge is 0.293 e. The van der Waals surface area contributed by atoms with Crippen molar-refractivity contribution in [3.8, 4) is 0 Å². The average molecular weight is 222 g/mol. The van der Waals surface area contributed by atoms with Crippen molar-refractivity contribution in [3.63, 3.8) is 0 Å². The normalized spacial score (nSPS) is 10.7. The summed E-state index contributed by atoms with van der Waals surface area (Å²) in [6, 6.07) is 7.79. The van der Waals surface area contributed by atoms with Gasteiger partial charge in [0, 0.05) is 5.56 Å². The Morgan fingerprint density at radius 1 is 1.27 bits per heavy atom. The molecule has 0 aliphatic heterocycles. The zero-order valence-corrected chi connectivity index (χ0v) is 10.4. The van der Waals surface area contributed by atoms with Crippen LogP contribution in [0.1, 0.15) is 29.8 Å². The highest BCUT2D eigenvalue weighted by molar-refractivity contribution is 7.99. The first-order valence-corrected chi connectivity index (χ1v) is 6.42. The summed E-state index contributed by atoms with van der Waals surface area (Å²) >= 11 is 1.72. The molecule has 0 aliphatic carbocycles. The standard InChI is InChI=1S/C13H18OS/c1-10(2)8-15-9-13(14)12-6-4-11(3)5-7-12/h4-7,10H,8-9H2,1-3H3. The molecule has 0 aliphatic rings. The van der Waals surface area contributed by atoms with E-state index in [1.807, 2.05) is 31.2 Å².